The summed E-state index contributed by atoms with van der Waals surface area (Å²) in [6.07, 6.45) is 16.8. The van der Waals surface area contributed by atoms with Gasteiger partial charge in [0.05, 0.1) is 36.9 Å². The highest BCUT2D eigenvalue weighted by molar-refractivity contribution is 5.68. The Kier molecular flexibility index (Phi) is 6.83. The third-order valence-electron chi connectivity index (χ3n) is 7.08. The lowest BCUT2D eigenvalue weighted by atomic mass is 9.85. The van der Waals surface area contributed by atoms with E-state index in [1.54, 1.807) is 10.9 Å². The average Bonchev–Trinajstić information content (AvgIpc) is 3.65. The summed E-state index contributed by atoms with van der Waals surface area (Å²) in [4.78, 5) is 23.9. The van der Waals surface area contributed by atoms with E-state index < -0.39 is 5.60 Å². The second kappa shape index (κ2) is 10.6. The van der Waals surface area contributed by atoms with E-state index in [0.29, 0.717) is 19.0 Å². The molecule has 0 N–H and O–H groups in total. The number of imidazole rings is 1. The molecule has 0 spiro atoms. The molecule has 1 aliphatic carbocycles. The van der Waals surface area contributed by atoms with E-state index >= 15 is 0 Å². The number of ether oxygens (including phenoxy) is 1. The van der Waals surface area contributed by atoms with E-state index in [9.17, 15) is 4.79 Å². The Labute approximate surface area is 233 Å². The molecule has 10 heteroatoms. The van der Waals surface area contributed by atoms with Gasteiger partial charge in [-0.2, -0.15) is 0 Å². The highest BCUT2D eigenvalue weighted by Gasteiger charge is 2.27. The molecule has 1 amide bonds. The lowest BCUT2D eigenvalue weighted by Crippen LogP contribution is -2.40. The maximum Gasteiger partial charge on any atom is 0.410 e. The van der Waals surface area contributed by atoms with Crippen LogP contribution in [0.5, 0.6) is 0 Å². The first-order valence-corrected chi connectivity index (χ1v) is 13.7. The third-order valence-corrected chi connectivity index (χ3v) is 7.08. The van der Waals surface area contributed by atoms with Crippen molar-refractivity contribution < 1.29 is 9.53 Å². The van der Waals surface area contributed by atoms with Crippen LogP contribution in [0.25, 0.3) is 22.6 Å². The minimum absolute atomic E-state index is 0.262. The van der Waals surface area contributed by atoms with Gasteiger partial charge in [-0.25, -0.2) is 14.5 Å². The van der Waals surface area contributed by atoms with E-state index in [-0.39, 0.29) is 6.09 Å². The maximum absolute atomic E-state index is 13.0. The molecule has 1 aliphatic rings. The van der Waals surface area contributed by atoms with Gasteiger partial charge in [-0.3, -0.25) is 4.98 Å². The van der Waals surface area contributed by atoms with E-state index in [2.05, 4.69) is 15.3 Å². The first kappa shape index (κ1) is 25.8. The number of rotatable bonds is 8. The molecule has 0 aliphatic heterocycles. The minimum atomic E-state index is -0.527. The number of fused-ring (bicyclic) bond motifs is 1. The van der Waals surface area contributed by atoms with Crippen LogP contribution in [0.4, 0.5) is 4.79 Å². The van der Waals surface area contributed by atoms with Crippen LogP contribution in [0.1, 0.15) is 51.3 Å². The average molecular weight is 539 g/mol. The second-order valence-electron chi connectivity index (χ2n) is 11.5. The van der Waals surface area contributed by atoms with Crippen LogP contribution in [0.3, 0.4) is 0 Å². The molecule has 206 valence electrons. The fraction of sp³-hybridized carbons (Fsp3) is 0.367. The van der Waals surface area contributed by atoms with Gasteiger partial charge in [0.2, 0.25) is 0 Å². The molecule has 1 fully saturated rings. The van der Waals surface area contributed by atoms with Crippen LogP contribution >= 0.6 is 0 Å². The SMILES string of the molecule is CC(C)(C)OC(=O)N(Cc1ccc2nc(Cn3cc(-c4cncc(-n5cccc5)c4)nn3)cn2c1)CC1CCC1. The van der Waals surface area contributed by atoms with E-state index in [0.717, 1.165) is 40.4 Å². The van der Waals surface area contributed by atoms with Gasteiger partial charge < -0.3 is 18.6 Å². The van der Waals surface area contributed by atoms with Crippen LogP contribution in [0.15, 0.2) is 73.7 Å². The zero-order valence-corrected chi connectivity index (χ0v) is 23.1. The molecule has 0 radical (unpaired) electrons. The highest BCUT2D eigenvalue weighted by atomic mass is 16.6. The lowest BCUT2D eigenvalue weighted by Gasteiger charge is -2.33. The van der Waals surface area contributed by atoms with Crippen molar-refractivity contribution >= 4 is 11.7 Å². The van der Waals surface area contributed by atoms with Crippen molar-refractivity contribution in [1.82, 2.24) is 38.8 Å². The molecule has 5 aromatic heterocycles. The largest absolute Gasteiger partial charge is 0.444 e. The summed E-state index contributed by atoms with van der Waals surface area (Å²) in [5.74, 6) is 0.552. The molecule has 6 rings (SSSR count). The predicted molar refractivity (Wildman–Crippen MR) is 151 cm³/mol. The fourth-order valence-corrected chi connectivity index (χ4v) is 4.89. The van der Waals surface area contributed by atoms with Gasteiger partial charge in [0.1, 0.15) is 16.9 Å². The first-order chi connectivity index (χ1) is 19.3. The number of hydrogen-bond acceptors (Lipinski definition) is 6. The molecule has 10 nitrogen and oxygen atoms in total. The lowest BCUT2D eigenvalue weighted by molar-refractivity contribution is 0.0173. The van der Waals surface area contributed by atoms with Crippen molar-refractivity contribution in [3.05, 3.63) is 85.0 Å². The van der Waals surface area contributed by atoms with Crippen molar-refractivity contribution in [2.45, 2.75) is 58.7 Å². The Balaban J connectivity index is 1.16. The Hall–Kier alpha value is -4.47. The zero-order chi connectivity index (χ0) is 27.7. The number of amides is 1. The molecule has 40 heavy (non-hydrogen) atoms. The quantitative estimate of drug-likeness (QED) is 0.264. The summed E-state index contributed by atoms with van der Waals surface area (Å²) in [5.41, 5.74) is 4.82. The van der Waals surface area contributed by atoms with Crippen molar-refractivity contribution in [2.75, 3.05) is 6.54 Å². The number of pyridine rings is 2. The second-order valence-corrected chi connectivity index (χ2v) is 11.5. The summed E-state index contributed by atoms with van der Waals surface area (Å²) in [6, 6.07) is 10.0. The van der Waals surface area contributed by atoms with Gasteiger partial charge in [0, 0.05) is 43.1 Å². The van der Waals surface area contributed by atoms with Crippen LogP contribution in [0, 0.1) is 5.92 Å². The number of carbonyl (C=O) groups is 1. The summed E-state index contributed by atoms with van der Waals surface area (Å²) in [7, 11) is 0. The molecule has 5 aromatic rings. The minimum Gasteiger partial charge on any atom is -0.444 e. The summed E-state index contributed by atoms with van der Waals surface area (Å²) < 4.78 is 11.5. The van der Waals surface area contributed by atoms with Gasteiger partial charge in [0.25, 0.3) is 0 Å². The monoisotopic (exact) mass is 538 g/mol. The van der Waals surface area contributed by atoms with Crippen molar-refractivity contribution in [2.24, 2.45) is 5.92 Å². The molecule has 0 bridgehead atoms. The maximum atomic E-state index is 13.0. The van der Waals surface area contributed by atoms with E-state index in [4.69, 9.17) is 9.72 Å². The van der Waals surface area contributed by atoms with E-state index in [1.165, 1.54) is 19.3 Å². The van der Waals surface area contributed by atoms with Crippen molar-refractivity contribution in [3.63, 3.8) is 0 Å². The van der Waals surface area contributed by atoms with E-state index in [1.807, 2.05) is 102 Å². The van der Waals surface area contributed by atoms with Crippen molar-refractivity contribution in [3.8, 4) is 16.9 Å². The highest BCUT2D eigenvalue weighted by Crippen LogP contribution is 2.28. The number of carbonyl (C=O) groups excluding carboxylic acids is 1. The Bertz CT molecular complexity index is 1610. The molecule has 5 heterocycles. The van der Waals surface area contributed by atoms with Crippen molar-refractivity contribution in [1.29, 1.82) is 0 Å². The van der Waals surface area contributed by atoms with Gasteiger partial charge in [-0.1, -0.05) is 17.7 Å². The van der Waals surface area contributed by atoms with Gasteiger partial charge in [-0.05, 0) is 69.4 Å². The Morgan fingerprint density at radius 1 is 1.10 bits per heavy atom. The van der Waals surface area contributed by atoms with Crippen LogP contribution in [-0.4, -0.2) is 57.1 Å². The molecule has 0 saturated heterocycles. The molecule has 1 saturated carbocycles. The topological polar surface area (TPSA) is 95.4 Å². The molecule has 0 atom stereocenters. The van der Waals surface area contributed by atoms with Gasteiger partial charge in [-0.15, -0.1) is 5.10 Å². The molecular weight excluding hydrogens is 504 g/mol. The summed E-state index contributed by atoms with van der Waals surface area (Å²) >= 11 is 0. The smallest absolute Gasteiger partial charge is 0.410 e. The third kappa shape index (κ3) is 5.90. The molecule has 0 aromatic carbocycles. The van der Waals surface area contributed by atoms with Gasteiger partial charge in [0.15, 0.2) is 0 Å². The zero-order valence-electron chi connectivity index (χ0n) is 23.1. The number of nitrogens with zero attached hydrogens (tertiary/aromatic N) is 8. The molecular formula is C30H34N8O2. The predicted octanol–water partition coefficient (Wildman–Crippen LogP) is 5.36. The fourth-order valence-electron chi connectivity index (χ4n) is 4.89. The normalized spacial score (nSPS) is 13.9. The Morgan fingerprint density at radius 2 is 1.93 bits per heavy atom. The summed E-state index contributed by atoms with van der Waals surface area (Å²) in [5, 5.41) is 8.68. The van der Waals surface area contributed by atoms with Gasteiger partial charge >= 0.3 is 6.09 Å². The molecule has 0 unspecified atom stereocenters. The van der Waals surface area contributed by atoms with Crippen LogP contribution in [0.2, 0.25) is 0 Å². The number of aromatic nitrogens is 7. The number of hydrogen-bond donors (Lipinski definition) is 0. The standard InChI is InChI=1S/C30H34N8O2/c1-30(2,3)40-29(39)37(16-22-7-6-8-22)18-23-9-10-28-32-25(19-36(28)17-23)20-38-21-27(33-34-38)24-13-26(15-31-14-24)35-11-4-5-12-35/h4-5,9-15,17,19,21-22H,6-8,16,18,20H2,1-3H3. The van der Waals surface area contributed by atoms with Crippen LogP contribution < -0.4 is 0 Å². The first-order valence-electron chi connectivity index (χ1n) is 13.7. The Morgan fingerprint density at radius 3 is 2.67 bits per heavy atom. The summed E-state index contributed by atoms with van der Waals surface area (Å²) in [6.45, 7) is 7.42. The van der Waals surface area contributed by atoms with Crippen LogP contribution in [-0.2, 0) is 17.8 Å².